The van der Waals surface area contributed by atoms with Crippen molar-refractivity contribution < 1.29 is 14.8 Å². The second-order valence-electron chi connectivity index (χ2n) is 9.79. The molecule has 2 aromatic rings. The Morgan fingerprint density at radius 1 is 0.706 bits per heavy atom. The van der Waals surface area contributed by atoms with E-state index in [0.717, 1.165) is 57.6 Å². The number of phenolic OH excluding ortho intramolecular Hbond substituents is 2. The molecule has 0 amide bonds. The summed E-state index contributed by atoms with van der Waals surface area (Å²) in [7, 11) is 0. The molecule has 0 saturated heterocycles. The number of aromatic hydroxyl groups is 2. The minimum absolute atomic E-state index is 0.209. The van der Waals surface area contributed by atoms with Gasteiger partial charge in [-0.3, -0.25) is 0 Å². The molecule has 0 bridgehead atoms. The summed E-state index contributed by atoms with van der Waals surface area (Å²) >= 11 is 0. The number of hydrogen-bond donors (Lipinski definition) is 2. The van der Waals surface area contributed by atoms with Crippen LogP contribution in [-0.4, -0.2) is 33.6 Å². The number of phenols is 2. The van der Waals surface area contributed by atoms with E-state index in [1.807, 2.05) is 26.0 Å². The van der Waals surface area contributed by atoms with Crippen LogP contribution < -0.4 is 0 Å². The van der Waals surface area contributed by atoms with Crippen LogP contribution in [0.1, 0.15) is 86.8 Å². The molecule has 0 fully saturated rings. The first-order chi connectivity index (χ1) is 16.1. The molecule has 0 saturated carbocycles. The first kappa shape index (κ1) is 25.6. The predicted octanol–water partition coefficient (Wildman–Crippen LogP) is 7.38. The highest BCUT2D eigenvalue weighted by Crippen LogP contribution is 2.46. The Morgan fingerprint density at radius 3 is 1.47 bits per heavy atom. The van der Waals surface area contributed by atoms with Crippen LogP contribution in [0, 0.1) is 13.8 Å². The van der Waals surface area contributed by atoms with Crippen molar-refractivity contribution >= 4 is 11.3 Å². The van der Waals surface area contributed by atoms with Crippen LogP contribution in [0.25, 0.3) is 5.57 Å². The average Bonchev–Trinajstić information content (AvgIpc) is 2.80. The molecule has 2 N–H and O–H groups in total. The van der Waals surface area contributed by atoms with Crippen molar-refractivity contribution in [1.29, 1.82) is 0 Å². The molecule has 180 valence electrons. The number of nitrogens with zero attached hydrogens (tertiary/aromatic N) is 1. The second kappa shape index (κ2) is 10.5. The number of hydrogen-bond acceptors (Lipinski definition) is 2. The maximum absolute atomic E-state index is 11.4. The third kappa shape index (κ3) is 4.75. The van der Waals surface area contributed by atoms with Crippen LogP contribution in [0.3, 0.4) is 0 Å². The lowest BCUT2D eigenvalue weighted by Crippen LogP contribution is -2.19. The lowest BCUT2D eigenvalue weighted by molar-refractivity contribution is -0.519. The summed E-state index contributed by atoms with van der Waals surface area (Å²) in [5.74, 6) is 0.982. The van der Waals surface area contributed by atoms with E-state index >= 15 is 0 Å². The van der Waals surface area contributed by atoms with Gasteiger partial charge in [0.2, 0.25) is 0 Å². The van der Waals surface area contributed by atoms with Crippen molar-refractivity contribution in [3.8, 4) is 11.5 Å². The van der Waals surface area contributed by atoms with Gasteiger partial charge in [0.1, 0.15) is 24.6 Å². The van der Waals surface area contributed by atoms with Crippen molar-refractivity contribution in [1.82, 2.24) is 0 Å². The highest BCUT2D eigenvalue weighted by atomic mass is 16.3. The van der Waals surface area contributed by atoms with Crippen LogP contribution in [0.5, 0.6) is 11.5 Å². The van der Waals surface area contributed by atoms with Crippen molar-refractivity contribution in [2.75, 3.05) is 13.1 Å². The molecule has 0 radical (unpaired) electrons. The first-order valence-electron chi connectivity index (χ1n) is 12.5. The molecular formula is C31H40NO2+. The van der Waals surface area contributed by atoms with Crippen molar-refractivity contribution in [2.45, 2.75) is 67.2 Å². The maximum atomic E-state index is 11.4. The van der Waals surface area contributed by atoms with Gasteiger partial charge in [0.15, 0.2) is 5.71 Å². The van der Waals surface area contributed by atoms with E-state index in [9.17, 15) is 10.2 Å². The van der Waals surface area contributed by atoms with E-state index in [1.165, 1.54) is 5.71 Å². The summed E-state index contributed by atoms with van der Waals surface area (Å²) in [4.78, 5) is 0. The van der Waals surface area contributed by atoms with Gasteiger partial charge in [-0.1, -0.05) is 52.0 Å². The summed E-state index contributed by atoms with van der Waals surface area (Å²) in [6.07, 6.45) is 8.54. The smallest absolute Gasteiger partial charge is 0.199 e. The van der Waals surface area contributed by atoms with Crippen LogP contribution in [0.2, 0.25) is 0 Å². The van der Waals surface area contributed by atoms with Crippen LogP contribution in [0.15, 0.2) is 54.1 Å². The summed E-state index contributed by atoms with van der Waals surface area (Å²) in [6, 6.07) is 8.19. The van der Waals surface area contributed by atoms with E-state index in [1.54, 1.807) is 0 Å². The lowest BCUT2D eigenvalue weighted by atomic mass is 9.80. The van der Waals surface area contributed by atoms with E-state index in [0.29, 0.717) is 0 Å². The van der Waals surface area contributed by atoms with Crippen molar-refractivity contribution in [3.63, 3.8) is 0 Å². The van der Waals surface area contributed by atoms with E-state index in [-0.39, 0.29) is 23.3 Å². The molecule has 34 heavy (non-hydrogen) atoms. The van der Waals surface area contributed by atoms with E-state index in [4.69, 9.17) is 0 Å². The lowest BCUT2D eigenvalue weighted by Gasteiger charge is -2.25. The topological polar surface area (TPSA) is 43.5 Å². The van der Waals surface area contributed by atoms with Gasteiger partial charge in [0, 0.05) is 28.9 Å². The molecule has 3 rings (SSSR count). The number of benzene rings is 2. The molecule has 0 atom stereocenters. The number of allylic oxidation sites excluding steroid dienone is 5. The first-order valence-corrected chi connectivity index (χ1v) is 12.5. The molecule has 0 heterocycles. The van der Waals surface area contributed by atoms with Gasteiger partial charge in [-0.15, -0.1) is 0 Å². The quantitative estimate of drug-likeness (QED) is 0.443. The zero-order chi connectivity index (χ0) is 25.2. The predicted molar refractivity (Wildman–Crippen MR) is 145 cm³/mol. The molecule has 0 unspecified atom stereocenters. The van der Waals surface area contributed by atoms with E-state index < -0.39 is 0 Å². The Balaban J connectivity index is 2.49. The SMILES string of the molecule is CC[N+](CC)=C1C=CC(=C(c2c(C(C)C)ccc(C)c2O)c2c(C(C)C)ccc(C)c2O)C=C1. The zero-order valence-corrected chi connectivity index (χ0v) is 22.0. The summed E-state index contributed by atoms with van der Waals surface area (Å²) in [5.41, 5.74) is 8.47. The van der Waals surface area contributed by atoms with Crippen LogP contribution in [0.4, 0.5) is 0 Å². The third-order valence-corrected chi connectivity index (χ3v) is 6.85. The van der Waals surface area contributed by atoms with Gasteiger partial charge in [0.05, 0.1) is 0 Å². The van der Waals surface area contributed by atoms with Crippen molar-refractivity contribution in [3.05, 3.63) is 87.5 Å². The largest absolute Gasteiger partial charge is 0.507 e. The highest BCUT2D eigenvalue weighted by Gasteiger charge is 2.27. The Bertz CT molecular complexity index is 1120. The van der Waals surface area contributed by atoms with Gasteiger partial charge in [-0.25, -0.2) is 4.58 Å². The molecule has 3 heteroatoms. The Hall–Kier alpha value is -3.07. The van der Waals surface area contributed by atoms with E-state index in [2.05, 4.69) is 82.6 Å². The van der Waals surface area contributed by atoms with Gasteiger partial charge >= 0.3 is 0 Å². The molecule has 1 aliphatic rings. The van der Waals surface area contributed by atoms with Crippen LogP contribution in [-0.2, 0) is 0 Å². The Kier molecular flexibility index (Phi) is 7.86. The fourth-order valence-electron chi connectivity index (χ4n) is 4.75. The maximum Gasteiger partial charge on any atom is 0.199 e. The standard InChI is InChI=1S/C31H39NO2/c1-9-32(10-2)24-15-13-23(14-16-24)27(28-25(19(3)4)17-11-21(7)30(28)33)29-26(20(5)6)18-12-22(8)31(29)34/h11-20H,9-10H2,1-8H3,(H,33,34)/p+1. The van der Waals surface area contributed by atoms with Gasteiger partial charge in [0.25, 0.3) is 0 Å². The minimum atomic E-state index is 0.209. The Morgan fingerprint density at radius 2 is 1.12 bits per heavy atom. The third-order valence-electron chi connectivity index (χ3n) is 6.85. The summed E-state index contributed by atoms with van der Waals surface area (Å²) in [6.45, 7) is 18.7. The molecule has 2 aromatic carbocycles. The van der Waals surface area contributed by atoms with Gasteiger partial charge in [-0.05, 0) is 79.5 Å². The normalized spacial score (nSPS) is 13.4. The summed E-state index contributed by atoms with van der Waals surface area (Å²) in [5, 5.41) is 22.8. The van der Waals surface area contributed by atoms with Gasteiger partial charge < -0.3 is 10.2 Å². The monoisotopic (exact) mass is 458 g/mol. The fourth-order valence-corrected chi connectivity index (χ4v) is 4.75. The van der Waals surface area contributed by atoms with Crippen molar-refractivity contribution in [2.24, 2.45) is 0 Å². The zero-order valence-electron chi connectivity index (χ0n) is 22.0. The number of rotatable bonds is 6. The molecule has 0 aliphatic heterocycles. The minimum Gasteiger partial charge on any atom is -0.507 e. The average molecular weight is 459 g/mol. The Labute approximate surface area is 205 Å². The van der Waals surface area contributed by atoms with Gasteiger partial charge in [-0.2, -0.15) is 0 Å². The number of aryl methyl sites for hydroxylation is 2. The molecular weight excluding hydrogens is 418 g/mol. The summed E-state index contributed by atoms with van der Waals surface area (Å²) < 4.78 is 2.32. The molecule has 0 spiro atoms. The molecule has 1 aliphatic carbocycles. The van der Waals surface area contributed by atoms with Crippen LogP contribution >= 0.6 is 0 Å². The fraction of sp³-hybridized carbons (Fsp3) is 0.387. The molecule has 0 aromatic heterocycles. The second-order valence-corrected chi connectivity index (χ2v) is 9.79. The highest BCUT2D eigenvalue weighted by molar-refractivity contribution is 6.04. The molecule has 3 nitrogen and oxygen atoms in total.